The summed E-state index contributed by atoms with van der Waals surface area (Å²) in [6.07, 6.45) is 2.33. The van der Waals surface area contributed by atoms with Crippen LogP contribution in [-0.4, -0.2) is 42.2 Å². The summed E-state index contributed by atoms with van der Waals surface area (Å²) in [6, 6.07) is 9.50. The van der Waals surface area contributed by atoms with Crippen molar-refractivity contribution in [1.29, 1.82) is 0 Å². The Bertz CT molecular complexity index is 415. The fourth-order valence-electron chi connectivity index (χ4n) is 2.82. The van der Waals surface area contributed by atoms with Gasteiger partial charge in [-0.3, -0.25) is 5.32 Å². The van der Waals surface area contributed by atoms with Gasteiger partial charge in [0, 0.05) is 6.54 Å². The Morgan fingerprint density at radius 3 is 2.47 bits per heavy atom. The van der Waals surface area contributed by atoms with Gasteiger partial charge in [0.05, 0.1) is 0 Å². The monoisotopic (exact) mass is 262 g/mol. The van der Waals surface area contributed by atoms with Crippen LogP contribution >= 0.6 is 0 Å². The number of nitrogens with zero attached hydrogens (tertiary/aromatic N) is 1. The predicted molar refractivity (Wildman–Crippen MR) is 75.1 cm³/mol. The van der Waals surface area contributed by atoms with E-state index in [2.05, 4.69) is 10.2 Å². The van der Waals surface area contributed by atoms with Crippen molar-refractivity contribution in [2.24, 2.45) is 0 Å². The average molecular weight is 262 g/mol. The van der Waals surface area contributed by atoms with Gasteiger partial charge in [-0.05, 0) is 38.0 Å². The molecule has 4 heteroatoms. The van der Waals surface area contributed by atoms with Gasteiger partial charge in [0.2, 0.25) is 0 Å². The summed E-state index contributed by atoms with van der Waals surface area (Å²) >= 11 is 0. The van der Waals surface area contributed by atoms with E-state index in [1.165, 1.54) is 0 Å². The molecule has 0 bridgehead atoms. The van der Waals surface area contributed by atoms with Crippen LogP contribution in [0.15, 0.2) is 30.3 Å². The molecule has 0 radical (unpaired) electrons. The third-order valence-electron chi connectivity index (χ3n) is 3.77. The average Bonchev–Trinajstić information content (AvgIpc) is 2.91. The summed E-state index contributed by atoms with van der Waals surface area (Å²) < 4.78 is 0. The molecule has 0 amide bonds. The second-order valence-electron chi connectivity index (χ2n) is 5.09. The van der Waals surface area contributed by atoms with Crippen LogP contribution in [0.4, 0.5) is 0 Å². The van der Waals surface area contributed by atoms with Gasteiger partial charge in [-0.2, -0.15) is 0 Å². The Morgan fingerprint density at radius 1 is 1.32 bits per heavy atom. The maximum absolute atomic E-state index is 11.9. The quantitative estimate of drug-likeness (QED) is 0.819. The summed E-state index contributed by atoms with van der Waals surface area (Å²) in [5.41, 5.74) is -0.170. The van der Waals surface area contributed by atoms with Crippen LogP contribution in [0.2, 0.25) is 0 Å². The molecule has 0 aliphatic carbocycles. The van der Waals surface area contributed by atoms with Crippen LogP contribution in [0.1, 0.15) is 25.3 Å². The maximum Gasteiger partial charge on any atom is 0.329 e. The Labute approximate surface area is 114 Å². The molecule has 0 saturated carbocycles. The van der Waals surface area contributed by atoms with Gasteiger partial charge in [0.15, 0.2) is 5.54 Å². The highest BCUT2D eigenvalue weighted by Gasteiger charge is 2.41. The SMILES string of the molecule is CCNC(CN1CCCC1)(C(=O)O)c1ccccc1. The molecule has 1 heterocycles. The first kappa shape index (κ1) is 14.0. The first-order valence-electron chi connectivity index (χ1n) is 6.95. The smallest absolute Gasteiger partial charge is 0.329 e. The van der Waals surface area contributed by atoms with Gasteiger partial charge in [0.25, 0.3) is 0 Å². The maximum atomic E-state index is 11.9. The molecule has 19 heavy (non-hydrogen) atoms. The molecule has 1 fully saturated rings. The number of benzene rings is 1. The molecule has 4 nitrogen and oxygen atoms in total. The lowest BCUT2D eigenvalue weighted by Gasteiger charge is -2.34. The van der Waals surface area contributed by atoms with E-state index in [1.54, 1.807) is 0 Å². The Morgan fingerprint density at radius 2 is 1.95 bits per heavy atom. The number of likely N-dealkylation sites (N-methyl/N-ethyl adjacent to an activating group) is 1. The predicted octanol–water partition coefficient (Wildman–Crippen LogP) is 1.67. The normalized spacial score (nSPS) is 19.2. The molecule has 2 N–H and O–H groups in total. The lowest BCUT2D eigenvalue weighted by molar-refractivity contribution is -0.146. The Hall–Kier alpha value is -1.39. The second kappa shape index (κ2) is 6.17. The van der Waals surface area contributed by atoms with Gasteiger partial charge in [-0.25, -0.2) is 4.79 Å². The fourth-order valence-corrected chi connectivity index (χ4v) is 2.82. The Kier molecular flexibility index (Phi) is 4.56. The number of hydrogen-bond donors (Lipinski definition) is 2. The molecule has 0 aromatic heterocycles. The van der Waals surface area contributed by atoms with Crippen molar-refractivity contribution in [3.8, 4) is 0 Å². The van der Waals surface area contributed by atoms with Crippen molar-refractivity contribution in [3.63, 3.8) is 0 Å². The molecular weight excluding hydrogens is 240 g/mol. The van der Waals surface area contributed by atoms with Crippen molar-refractivity contribution >= 4 is 5.97 Å². The number of likely N-dealkylation sites (tertiary alicyclic amines) is 1. The highest BCUT2D eigenvalue weighted by atomic mass is 16.4. The van der Waals surface area contributed by atoms with Crippen LogP contribution in [-0.2, 0) is 10.3 Å². The van der Waals surface area contributed by atoms with Gasteiger partial charge < -0.3 is 10.0 Å². The van der Waals surface area contributed by atoms with E-state index >= 15 is 0 Å². The highest BCUT2D eigenvalue weighted by molar-refractivity contribution is 5.81. The third kappa shape index (κ3) is 2.96. The minimum atomic E-state index is -1.000. The standard InChI is InChI=1S/C15H22N2O2/c1-2-16-15(14(18)19,12-17-10-6-7-11-17)13-8-4-3-5-9-13/h3-5,8-9,16H,2,6-7,10-12H2,1H3,(H,18,19). The van der Waals surface area contributed by atoms with Gasteiger partial charge in [0.1, 0.15) is 0 Å². The van der Waals surface area contributed by atoms with E-state index in [-0.39, 0.29) is 0 Å². The molecule has 1 aromatic carbocycles. The summed E-state index contributed by atoms with van der Waals surface area (Å²) in [7, 11) is 0. The first-order valence-corrected chi connectivity index (χ1v) is 6.95. The van der Waals surface area contributed by atoms with Crippen molar-refractivity contribution in [2.45, 2.75) is 25.3 Å². The second-order valence-corrected chi connectivity index (χ2v) is 5.09. The van der Waals surface area contributed by atoms with E-state index in [0.29, 0.717) is 13.1 Å². The summed E-state index contributed by atoms with van der Waals surface area (Å²) in [5, 5.41) is 13.0. The van der Waals surface area contributed by atoms with Crippen molar-refractivity contribution < 1.29 is 9.90 Å². The van der Waals surface area contributed by atoms with Crippen molar-refractivity contribution in [2.75, 3.05) is 26.2 Å². The van der Waals surface area contributed by atoms with E-state index in [9.17, 15) is 9.90 Å². The van der Waals surface area contributed by atoms with Crippen molar-refractivity contribution in [3.05, 3.63) is 35.9 Å². The van der Waals surface area contributed by atoms with Gasteiger partial charge in [-0.15, -0.1) is 0 Å². The fraction of sp³-hybridized carbons (Fsp3) is 0.533. The molecule has 1 aromatic rings. The van der Waals surface area contributed by atoms with Crippen LogP contribution in [0.5, 0.6) is 0 Å². The molecule has 1 saturated heterocycles. The number of carboxylic acids is 1. The van der Waals surface area contributed by atoms with Crippen LogP contribution in [0.3, 0.4) is 0 Å². The molecule has 1 unspecified atom stereocenters. The number of carboxylic acid groups (broad SMARTS) is 1. The van der Waals surface area contributed by atoms with E-state index in [1.807, 2.05) is 37.3 Å². The molecule has 1 aliphatic rings. The van der Waals surface area contributed by atoms with Crippen LogP contribution in [0.25, 0.3) is 0 Å². The number of nitrogens with one attached hydrogen (secondary N) is 1. The molecule has 2 rings (SSSR count). The van der Waals surface area contributed by atoms with E-state index in [0.717, 1.165) is 31.5 Å². The molecule has 1 aliphatic heterocycles. The summed E-state index contributed by atoms with van der Waals surface area (Å²) in [5.74, 6) is -0.799. The number of aliphatic carboxylic acids is 1. The Balaban J connectivity index is 2.32. The zero-order valence-electron chi connectivity index (χ0n) is 11.4. The van der Waals surface area contributed by atoms with Crippen LogP contribution in [0, 0.1) is 0 Å². The zero-order chi connectivity index (χ0) is 13.7. The van der Waals surface area contributed by atoms with Crippen molar-refractivity contribution in [1.82, 2.24) is 10.2 Å². The number of hydrogen-bond acceptors (Lipinski definition) is 3. The molecule has 0 spiro atoms. The highest BCUT2D eigenvalue weighted by Crippen LogP contribution is 2.25. The molecule has 104 valence electrons. The minimum absolute atomic E-state index is 0.528. The summed E-state index contributed by atoms with van der Waals surface area (Å²) in [6.45, 7) is 5.10. The lowest BCUT2D eigenvalue weighted by Crippen LogP contribution is -2.56. The minimum Gasteiger partial charge on any atom is -0.480 e. The van der Waals surface area contributed by atoms with E-state index in [4.69, 9.17) is 0 Å². The van der Waals surface area contributed by atoms with Crippen LogP contribution < -0.4 is 5.32 Å². The molecular formula is C15H22N2O2. The third-order valence-corrected chi connectivity index (χ3v) is 3.77. The number of carbonyl (C=O) groups is 1. The zero-order valence-corrected chi connectivity index (χ0v) is 11.4. The number of rotatable bonds is 6. The largest absolute Gasteiger partial charge is 0.480 e. The van der Waals surface area contributed by atoms with E-state index < -0.39 is 11.5 Å². The van der Waals surface area contributed by atoms with Gasteiger partial charge in [-0.1, -0.05) is 37.3 Å². The summed E-state index contributed by atoms with van der Waals surface area (Å²) in [4.78, 5) is 14.2. The lowest BCUT2D eigenvalue weighted by atomic mass is 9.89. The van der Waals surface area contributed by atoms with Gasteiger partial charge >= 0.3 is 5.97 Å². The molecule has 1 atom stereocenters. The topological polar surface area (TPSA) is 52.6 Å². The first-order chi connectivity index (χ1) is 9.19.